The van der Waals surface area contributed by atoms with Crippen LogP contribution in [0.15, 0.2) is 29.2 Å². The van der Waals surface area contributed by atoms with Crippen LogP contribution in [0.3, 0.4) is 0 Å². The maximum atomic E-state index is 12.8. The van der Waals surface area contributed by atoms with Crippen molar-refractivity contribution in [2.24, 2.45) is 5.73 Å². The smallest absolute Gasteiger partial charge is 0.389 e. The molecule has 0 unspecified atom stereocenters. The third kappa shape index (κ3) is 2.79. The second-order valence-electron chi connectivity index (χ2n) is 4.57. The summed E-state index contributed by atoms with van der Waals surface area (Å²) in [6.07, 6.45) is -5.10. The maximum absolute atomic E-state index is 12.8. The number of halogens is 3. The number of benzene rings is 1. The zero-order valence-electron chi connectivity index (χ0n) is 10.1. The molecule has 0 amide bonds. The first-order chi connectivity index (χ1) is 9.07. The van der Waals surface area contributed by atoms with Crippen molar-refractivity contribution in [3.8, 4) is 0 Å². The quantitative estimate of drug-likeness (QED) is 0.827. The molecule has 0 bridgehead atoms. The molecule has 0 atom stereocenters. The van der Waals surface area contributed by atoms with Gasteiger partial charge in [-0.25, -0.2) is 8.42 Å². The van der Waals surface area contributed by atoms with Crippen molar-refractivity contribution >= 4 is 27.2 Å². The van der Waals surface area contributed by atoms with E-state index < -0.39 is 21.7 Å². The molecule has 4 nitrogen and oxygen atoms in total. The van der Waals surface area contributed by atoms with Crippen molar-refractivity contribution in [3.63, 3.8) is 0 Å². The van der Waals surface area contributed by atoms with Gasteiger partial charge < -0.3 is 5.73 Å². The molecular weight excluding hydrogens is 313 g/mol. The topological polar surface area (TPSA) is 72.2 Å². The van der Waals surface area contributed by atoms with Crippen LogP contribution in [-0.2, 0) is 10.0 Å². The Hall–Kier alpha value is -1.19. The highest BCUT2D eigenvalue weighted by atomic mass is 32.2. The van der Waals surface area contributed by atoms with E-state index in [-0.39, 0.29) is 22.7 Å². The van der Waals surface area contributed by atoms with Crippen LogP contribution in [0.4, 0.5) is 13.2 Å². The van der Waals surface area contributed by atoms with E-state index in [0.717, 1.165) is 0 Å². The Bertz CT molecular complexity index is 635. The minimum absolute atomic E-state index is 0.0795. The van der Waals surface area contributed by atoms with Crippen molar-refractivity contribution in [2.75, 3.05) is 0 Å². The summed E-state index contributed by atoms with van der Waals surface area (Å²) in [5.41, 5.74) is 3.47. The van der Waals surface area contributed by atoms with E-state index in [1.807, 2.05) is 0 Å². The molecule has 0 heterocycles. The molecule has 110 valence electrons. The number of sulfonamides is 1. The minimum Gasteiger partial charge on any atom is -0.389 e. The van der Waals surface area contributed by atoms with Crippen molar-refractivity contribution in [2.45, 2.75) is 29.5 Å². The van der Waals surface area contributed by atoms with Crippen LogP contribution in [0.2, 0.25) is 0 Å². The lowest BCUT2D eigenvalue weighted by Crippen LogP contribution is -2.47. The fourth-order valence-corrected chi connectivity index (χ4v) is 3.27. The highest BCUT2D eigenvalue weighted by molar-refractivity contribution is 7.89. The number of nitrogens with one attached hydrogen (secondary N) is 1. The van der Waals surface area contributed by atoms with E-state index in [4.69, 9.17) is 18.0 Å². The average Bonchev–Trinajstić information content (AvgIpc) is 3.09. The number of alkyl halides is 3. The standard InChI is InChI=1S/C11H11F3N2O2S2/c12-11(13,14)10(5-6-10)16-20(17,18)8-3-1-7(2-4-8)9(15)19/h1-4,16H,5-6H2,(H2,15,19). The Labute approximate surface area is 119 Å². The van der Waals surface area contributed by atoms with Gasteiger partial charge in [-0.1, -0.05) is 24.4 Å². The van der Waals surface area contributed by atoms with Gasteiger partial charge in [-0.3, -0.25) is 0 Å². The summed E-state index contributed by atoms with van der Waals surface area (Å²) in [6.45, 7) is 0. The maximum Gasteiger partial charge on any atom is 0.407 e. The SMILES string of the molecule is NC(=S)c1ccc(S(=O)(=O)NC2(C(F)(F)F)CC2)cc1. The first-order valence-electron chi connectivity index (χ1n) is 5.58. The summed E-state index contributed by atoms with van der Waals surface area (Å²) in [4.78, 5) is -0.177. The van der Waals surface area contributed by atoms with Crippen LogP contribution < -0.4 is 10.5 Å². The van der Waals surface area contributed by atoms with Crippen LogP contribution >= 0.6 is 12.2 Å². The molecule has 1 aromatic rings. The Morgan fingerprint density at radius 2 is 1.75 bits per heavy atom. The van der Waals surface area contributed by atoms with Crippen molar-refractivity contribution in [1.82, 2.24) is 4.72 Å². The fraction of sp³-hybridized carbons (Fsp3) is 0.364. The first-order valence-corrected chi connectivity index (χ1v) is 7.47. The van der Waals surface area contributed by atoms with Gasteiger partial charge in [0.15, 0.2) is 0 Å². The van der Waals surface area contributed by atoms with Crippen LogP contribution in [0.1, 0.15) is 18.4 Å². The van der Waals surface area contributed by atoms with Gasteiger partial charge in [0.2, 0.25) is 10.0 Å². The van der Waals surface area contributed by atoms with Crippen LogP contribution in [0.5, 0.6) is 0 Å². The van der Waals surface area contributed by atoms with Gasteiger partial charge in [0.25, 0.3) is 0 Å². The third-order valence-corrected chi connectivity index (χ3v) is 4.86. The zero-order valence-corrected chi connectivity index (χ0v) is 11.7. The molecule has 0 radical (unpaired) electrons. The first kappa shape index (κ1) is 15.2. The summed E-state index contributed by atoms with van der Waals surface area (Å²) in [6, 6.07) is 5.04. The molecule has 1 saturated carbocycles. The predicted octanol–water partition coefficient (Wildman–Crippen LogP) is 1.69. The van der Waals surface area contributed by atoms with E-state index >= 15 is 0 Å². The van der Waals surface area contributed by atoms with E-state index in [1.165, 1.54) is 24.3 Å². The lowest BCUT2D eigenvalue weighted by atomic mass is 10.2. The van der Waals surface area contributed by atoms with Crippen LogP contribution in [0.25, 0.3) is 0 Å². The van der Waals surface area contributed by atoms with Gasteiger partial charge in [0.1, 0.15) is 10.5 Å². The van der Waals surface area contributed by atoms with Crippen molar-refractivity contribution in [3.05, 3.63) is 29.8 Å². The Balaban J connectivity index is 2.26. The molecule has 1 aliphatic rings. The molecule has 1 aliphatic carbocycles. The molecule has 3 N–H and O–H groups in total. The van der Waals surface area contributed by atoms with E-state index in [9.17, 15) is 21.6 Å². The molecular formula is C11H11F3N2O2S2. The molecule has 2 rings (SSSR count). The van der Waals surface area contributed by atoms with Gasteiger partial charge in [-0.15, -0.1) is 0 Å². The molecule has 0 aliphatic heterocycles. The van der Waals surface area contributed by atoms with E-state index in [1.54, 1.807) is 4.72 Å². The summed E-state index contributed by atoms with van der Waals surface area (Å²) < 4.78 is 63.9. The van der Waals surface area contributed by atoms with Gasteiger partial charge in [-0.2, -0.15) is 17.9 Å². The molecule has 20 heavy (non-hydrogen) atoms. The van der Waals surface area contributed by atoms with Gasteiger partial charge in [0, 0.05) is 5.56 Å². The highest BCUT2D eigenvalue weighted by Crippen LogP contribution is 2.49. The Kier molecular flexibility index (Phi) is 3.55. The largest absolute Gasteiger partial charge is 0.407 e. The zero-order chi connectivity index (χ0) is 15.2. The fourth-order valence-electron chi connectivity index (χ4n) is 1.68. The average molecular weight is 324 g/mol. The molecule has 1 fully saturated rings. The lowest BCUT2D eigenvalue weighted by molar-refractivity contribution is -0.160. The number of hydrogen-bond donors (Lipinski definition) is 2. The van der Waals surface area contributed by atoms with Crippen LogP contribution in [0, 0.1) is 0 Å². The molecule has 0 spiro atoms. The van der Waals surface area contributed by atoms with E-state index in [2.05, 4.69) is 0 Å². The highest BCUT2D eigenvalue weighted by Gasteiger charge is 2.65. The summed E-state index contributed by atoms with van der Waals surface area (Å²) >= 11 is 4.71. The molecule has 0 aromatic heterocycles. The van der Waals surface area contributed by atoms with E-state index in [0.29, 0.717) is 5.56 Å². The van der Waals surface area contributed by atoms with Gasteiger partial charge in [0.05, 0.1) is 4.90 Å². The van der Waals surface area contributed by atoms with Crippen molar-refractivity contribution < 1.29 is 21.6 Å². The second kappa shape index (κ2) is 4.68. The third-order valence-electron chi connectivity index (χ3n) is 3.07. The number of hydrogen-bond acceptors (Lipinski definition) is 3. The monoisotopic (exact) mass is 324 g/mol. The molecule has 9 heteroatoms. The summed E-state index contributed by atoms with van der Waals surface area (Å²) in [5, 5.41) is 0. The molecule has 1 aromatic carbocycles. The minimum atomic E-state index is -4.60. The predicted molar refractivity (Wildman–Crippen MR) is 70.7 cm³/mol. The second-order valence-corrected chi connectivity index (χ2v) is 6.70. The summed E-state index contributed by atoms with van der Waals surface area (Å²) in [5.74, 6) is 0. The summed E-state index contributed by atoms with van der Waals surface area (Å²) in [7, 11) is -4.24. The number of thiocarbonyl (C=S) groups is 1. The van der Waals surface area contributed by atoms with Gasteiger partial charge >= 0.3 is 6.18 Å². The Morgan fingerprint density at radius 3 is 2.10 bits per heavy atom. The normalized spacial score (nSPS) is 17.8. The Morgan fingerprint density at radius 1 is 1.25 bits per heavy atom. The number of nitrogens with two attached hydrogens (primary N) is 1. The van der Waals surface area contributed by atoms with Crippen LogP contribution in [-0.4, -0.2) is 25.1 Å². The van der Waals surface area contributed by atoms with Crippen molar-refractivity contribution in [1.29, 1.82) is 0 Å². The molecule has 0 saturated heterocycles. The van der Waals surface area contributed by atoms with Gasteiger partial charge in [-0.05, 0) is 25.0 Å². The lowest BCUT2D eigenvalue weighted by Gasteiger charge is -2.20. The number of rotatable bonds is 4.